The molecular weight excluding hydrogens is 276 g/mol. The maximum absolute atomic E-state index is 5.85. The Kier molecular flexibility index (Phi) is 6.11. The van der Waals surface area contributed by atoms with E-state index in [-0.39, 0.29) is 0 Å². The van der Waals surface area contributed by atoms with Gasteiger partial charge in [0.1, 0.15) is 5.01 Å². The SMILES string of the molecule is CCC(c1nc(CCl)cs1)N(C)CC1CCCCC1. The van der Waals surface area contributed by atoms with E-state index in [1.807, 2.05) is 0 Å². The Morgan fingerprint density at radius 1 is 1.42 bits per heavy atom. The van der Waals surface area contributed by atoms with Gasteiger partial charge in [-0.25, -0.2) is 4.98 Å². The summed E-state index contributed by atoms with van der Waals surface area (Å²) in [5.74, 6) is 1.42. The lowest BCUT2D eigenvalue weighted by atomic mass is 9.88. The molecule has 0 saturated heterocycles. The van der Waals surface area contributed by atoms with Crippen molar-refractivity contribution in [2.24, 2.45) is 5.92 Å². The zero-order valence-electron chi connectivity index (χ0n) is 12.1. The Labute approximate surface area is 126 Å². The van der Waals surface area contributed by atoms with Crippen molar-refractivity contribution in [1.29, 1.82) is 0 Å². The Balaban J connectivity index is 1.95. The smallest absolute Gasteiger partial charge is 0.110 e. The monoisotopic (exact) mass is 300 g/mol. The fraction of sp³-hybridized carbons (Fsp3) is 0.800. The summed E-state index contributed by atoms with van der Waals surface area (Å²) < 4.78 is 0. The van der Waals surface area contributed by atoms with E-state index < -0.39 is 0 Å². The van der Waals surface area contributed by atoms with Crippen LogP contribution in [0.2, 0.25) is 0 Å². The topological polar surface area (TPSA) is 16.1 Å². The summed E-state index contributed by atoms with van der Waals surface area (Å²) in [6.07, 6.45) is 8.21. The first-order valence-corrected chi connectivity index (χ1v) is 8.86. The van der Waals surface area contributed by atoms with Crippen molar-refractivity contribution in [3.05, 3.63) is 16.1 Å². The van der Waals surface area contributed by atoms with Gasteiger partial charge in [0.05, 0.1) is 17.6 Å². The van der Waals surface area contributed by atoms with E-state index >= 15 is 0 Å². The molecule has 4 heteroatoms. The predicted molar refractivity (Wildman–Crippen MR) is 83.9 cm³/mol. The molecule has 0 amide bonds. The number of hydrogen-bond acceptors (Lipinski definition) is 3. The highest BCUT2D eigenvalue weighted by atomic mass is 35.5. The van der Waals surface area contributed by atoms with E-state index in [2.05, 4.69) is 29.2 Å². The van der Waals surface area contributed by atoms with Crippen molar-refractivity contribution < 1.29 is 0 Å². The molecule has 2 nitrogen and oxygen atoms in total. The minimum atomic E-state index is 0.462. The standard InChI is InChI=1S/C15H25ClN2S/c1-3-14(15-17-13(9-16)11-19-15)18(2)10-12-7-5-4-6-8-12/h11-12,14H,3-10H2,1-2H3. The Morgan fingerprint density at radius 2 is 2.16 bits per heavy atom. The van der Waals surface area contributed by atoms with E-state index in [1.54, 1.807) is 11.3 Å². The molecule has 1 saturated carbocycles. The summed E-state index contributed by atoms with van der Waals surface area (Å²) in [7, 11) is 2.25. The summed E-state index contributed by atoms with van der Waals surface area (Å²) in [6.45, 7) is 3.47. The number of rotatable bonds is 6. The number of thiazole rings is 1. The second-order valence-electron chi connectivity index (χ2n) is 5.68. The Bertz CT molecular complexity index is 374. The first-order chi connectivity index (χ1) is 9.24. The molecule has 0 aliphatic heterocycles. The highest BCUT2D eigenvalue weighted by Gasteiger charge is 2.22. The fourth-order valence-corrected chi connectivity index (χ4v) is 4.41. The van der Waals surface area contributed by atoms with Gasteiger partial charge in [-0.2, -0.15) is 0 Å². The van der Waals surface area contributed by atoms with Crippen LogP contribution in [0.1, 0.15) is 62.2 Å². The molecule has 0 spiro atoms. The molecule has 1 fully saturated rings. The number of hydrogen-bond donors (Lipinski definition) is 0. The Hall–Kier alpha value is -0.120. The second kappa shape index (κ2) is 7.61. The van der Waals surface area contributed by atoms with Crippen LogP contribution >= 0.6 is 22.9 Å². The largest absolute Gasteiger partial charge is 0.297 e. The van der Waals surface area contributed by atoms with Crippen molar-refractivity contribution in [3.8, 4) is 0 Å². The normalized spacial score (nSPS) is 18.9. The average Bonchev–Trinajstić information content (AvgIpc) is 2.89. The zero-order valence-corrected chi connectivity index (χ0v) is 13.6. The van der Waals surface area contributed by atoms with E-state index in [4.69, 9.17) is 11.6 Å². The summed E-state index contributed by atoms with van der Waals surface area (Å²) in [5, 5.41) is 3.33. The van der Waals surface area contributed by atoms with Crippen LogP contribution < -0.4 is 0 Å². The lowest BCUT2D eigenvalue weighted by molar-refractivity contribution is 0.178. The minimum Gasteiger partial charge on any atom is -0.297 e. The van der Waals surface area contributed by atoms with Crippen LogP contribution in [0, 0.1) is 5.92 Å². The molecule has 0 bridgehead atoms. The summed E-state index contributed by atoms with van der Waals surface area (Å²) >= 11 is 7.61. The maximum Gasteiger partial charge on any atom is 0.110 e. The van der Waals surface area contributed by atoms with Gasteiger partial charge in [0.25, 0.3) is 0 Å². The van der Waals surface area contributed by atoms with E-state index in [0.29, 0.717) is 11.9 Å². The van der Waals surface area contributed by atoms with Gasteiger partial charge in [-0.3, -0.25) is 4.90 Å². The molecule has 0 aromatic carbocycles. The van der Waals surface area contributed by atoms with Crippen molar-refractivity contribution in [2.75, 3.05) is 13.6 Å². The van der Waals surface area contributed by atoms with Crippen LogP contribution in [-0.2, 0) is 5.88 Å². The number of aromatic nitrogens is 1. The Morgan fingerprint density at radius 3 is 2.74 bits per heavy atom. The highest BCUT2D eigenvalue weighted by Crippen LogP contribution is 2.30. The lowest BCUT2D eigenvalue weighted by Gasteiger charge is -2.31. The minimum absolute atomic E-state index is 0.462. The number of alkyl halides is 1. The van der Waals surface area contributed by atoms with Gasteiger partial charge in [0, 0.05) is 11.9 Å². The van der Waals surface area contributed by atoms with Gasteiger partial charge in [-0.1, -0.05) is 26.2 Å². The summed E-state index contributed by atoms with van der Waals surface area (Å²) in [5.41, 5.74) is 1.02. The molecule has 1 aliphatic rings. The predicted octanol–water partition coefficient (Wildman–Crippen LogP) is 4.85. The lowest BCUT2D eigenvalue weighted by Crippen LogP contribution is -2.30. The molecule has 1 aromatic heterocycles. The third kappa shape index (κ3) is 4.17. The summed E-state index contributed by atoms with van der Waals surface area (Å²) in [4.78, 5) is 7.17. The van der Waals surface area contributed by atoms with Crippen LogP contribution in [0.15, 0.2) is 5.38 Å². The molecule has 1 aromatic rings. The number of halogens is 1. The first kappa shape index (κ1) is 15.3. The molecule has 2 rings (SSSR count). The van der Waals surface area contributed by atoms with Gasteiger partial charge in [-0.05, 0) is 32.2 Å². The van der Waals surface area contributed by atoms with E-state index in [9.17, 15) is 0 Å². The zero-order chi connectivity index (χ0) is 13.7. The van der Waals surface area contributed by atoms with Crippen LogP contribution in [0.3, 0.4) is 0 Å². The van der Waals surface area contributed by atoms with Crippen molar-refractivity contribution >= 4 is 22.9 Å². The van der Waals surface area contributed by atoms with Crippen molar-refractivity contribution in [3.63, 3.8) is 0 Å². The van der Waals surface area contributed by atoms with Crippen LogP contribution in [0.5, 0.6) is 0 Å². The third-order valence-corrected chi connectivity index (χ3v) is 5.45. The molecule has 0 radical (unpaired) electrons. The van der Waals surface area contributed by atoms with Crippen molar-refractivity contribution in [1.82, 2.24) is 9.88 Å². The summed E-state index contributed by atoms with van der Waals surface area (Å²) in [6, 6.07) is 0.462. The van der Waals surface area contributed by atoms with Gasteiger partial charge < -0.3 is 0 Å². The van der Waals surface area contributed by atoms with Crippen LogP contribution in [0.4, 0.5) is 0 Å². The molecule has 19 heavy (non-hydrogen) atoms. The van der Waals surface area contributed by atoms with Crippen molar-refractivity contribution in [2.45, 2.75) is 57.4 Å². The average molecular weight is 301 g/mol. The van der Waals surface area contributed by atoms with Crippen LogP contribution in [-0.4, -0.2) is 23.5 Å². The van der Waals surface area contributed by atoms with Gasteiger partial charge >= 0.3 is 0 Å². The van der Waals surface area contributed by atoms with Gasteiger partial charge in [-0.15, -0.1) is 22.9 Å². The van der Waals surface area contributed by atoms with E-state index in [1.165, 1.54) is 43.7 Å². The van der Waals surface area contributed by atoms with Crippen LogP contribution in [0.25, 0.3) is 0 Å². The molecule has 1 heterocycles. The quantitative estimate of drug-likeness (QED) is 0.699. The molecule has 1 aliphatic carbocycles. The molecule has 1 unspecified atom stereocenters. The maximum atomic E-state index is 5.85. The molecule has 0 N–H and O–H groups in total. The highest BCUT2D eigenvalue weighted by molar-refractivity contribution is 7.09. The molecule has 1 atom stereocenters. The number of nitrogens with zero attached hydrogens (tertiary/aromatic N) is 2. The second-order valence-corrected chi connectivity index (χ2v) is 6.84. The van der Waals surface area contributed by atoms with Gasteiger partial charge in [0.15, 0.2) is 0 Å². The van der Waals surface area contributed by atoms with Gasteiger partial charge in [0.2, 0.25) is 0 Å². The molecule has 108 valence electrons. The third-order valence-electron chi connectivity index (χ3n) is 4.18. The molecular formula is C15H25ClN2S. The fourth-order valence-electron chi connectivity index (χ4n) is 3.12. The first-order valence-electron chi connectivity index (χ1n) is 7.45. The van der Waals surface area contributed by atoms with E-state index in [0.717, 1.165) is 18.0 Å².